The molecule has 28 heavy (non-hydrogen) atoms. The van der Waals surface area contributed by atoms with Gasteiger partial charge in [0.1, 0.15) is 11.6 Å². The number of nitrogens with one attached hydrogen (secondary N) is 1. The second-order valence-electron chi connectivity index (χ2n) is 7.00. The van der Waals surface area contributed by atoms with Crippen LogP contribution in [0.3, 0.4) is 0 Å². The second kappa shape index (κ2) is 8.07. The minimum Gasteiger partial charge on any atom is -0.497 e. The normalized spacial score (nSPS) is 14.2. The summed E-state index contributed by atoms with van der Waals surface area (Å²) < 4.78 is 7.00. The Balaban J connectivity index is 1.70. The van der Waals surface area contributed by atoms with E-state index in [1.54, 1.807) is 11.8 Å². The van der Waals surface area contributed by atoms with Crippen LogP contribution in [0.1, 0.15) is 25.7 Å². The van der Waals surface area contributed by atoms with Crippen LogP contribution in [0.25, 0.3) is 16.9 Å². The molecule has 1 aliphatic rings. The van der Waals surface area contributed by atoms with Gasteiger partial charge >= 0.3 is 0 Å². The minimum atomic E-state index is 0.0646. The van der Waals surface area contributed by atoms with Crippen molar-refractivity contribution in [1.29, 1.82) is 0 Å². The zero-order valence-corrected chi connectivity index (χ0v) is 16.4. The fourth-order valence-electron chi connectivity index (χ4n) is 3.57. The van der Waals surface area contributed by atoms with Crippen molar-refractivity contribution in [3.63, 3.8) is 0 Å². The fraction of sp³-hybridized carbons (Fsp3) is 0.273. The molecule has 0 spiro atoms. The number of aromatic nitrogens is 2. The Labute approximate surface area is 169 Å². The van der Waals surface area contributed by atoms with Gasteiger partial charge in [-0.2, -0.15) is 5.10 Å². The smallest absolute Gasteiger partial charge is 0.228 e. The van der Waals surface area contributed by atoms with Crippen LogP contribution in [0.4, 0.5) is 5.82 Å². The molecule has 1 amide bonds. The van der Waals surface area contributed by atoms with Crippen LogP contribution < -0.4 is 10.1 Å². The number of benzene rings is 2. The van der Waals surface area contributed by atoms with Gasteiger partial charge in [0.15, 0.2) is 0 Å². The number of methoxy groups -OCH3 is 1. The van der Waals surface area contributed by atoms with E-state index in [9.17, 15) is 4.79 Å². The molecule has 144 valence electrons. The summed E-state index contributed by atoms with van der Waals surface area (Å²) in [6.45, 7) is 0. The number of nitrogens with zero attached hydrogens (tertiary/aromatic N) is 2. The minimum absolute atomic E-state index is 0.0646. The summed E-state index contributed by atoms with van der Waals surface area (Å²) in [6.07, 6.45) is 4.14. The third kappa shape index (κ3) is 3.90. The maximum Gasteiger partial charge on any atom is 0.228 e. The van der Waals surface area contributed by atoms with E-state index in [2.05, 4.69) is 5.32 Å². The molecule has 5 nitrogen and oxygen atoms in total. The molecule has 0 radical (unpaired) electrons. The highest BCUT2D eigenvalue weighted by molar-refractivity contribution is 6.30. The molecule has 1 heterocycles. The van der Waals surface area contributed by atoms with Crippen molar-refractivity contribution < 1.29 is 9.53 Å². The Morgan fingerprint density at radius 1 is 1.11 bits per heavy atom. The summed E-state index contributed by atoms with van der Waals surface area (Å²) in [5.74, 6) is 1.57. The van der Waals surface area contributed by atoms with Gasteiger partial charge in [0.05, 0.1) is 18.5 Å². The van der Waals surface area contributed by atoms with Gasteiger partial charge in [0.25, 0.3) is 0 Å². The van der Waals surface area contributed by atoms with Crippen molar-refractivity contribution in [2.75, 3.05) is 12.4 Å². The molecule has 1 saturated carbocycles. The lowest BCUT2D eigenvalue weighted by Crippen LogP contribution is -2.22. The number of amides is 1. The van der Waals surface area contributed by atoms with E-state index in [0.29, 0.717) is 10.8 Å². The predicted molar refractivity (Wildman–Crippen MR) is 111 cm³/mol. The van der Waals surface area contributed by atoms with E-state index < -0.39 is 0 Å². The van der Waals surface area contributed by atoms with Crippen LogP contribution in [0.5, 0.6) is 5.75 Å². The first-order chi connectivity index (χ1) is 13.6. The number of carbonyl (C=O) groups excluding carboxylic acids is 1. The van der Waals surface area contributed by atoms with Crippen LogP contribution in [-0.2, 0) is 4.79 Å². The maximum atomic E-state index is 12.7. The quantitative estimate of drug-likeness (QED) is 0.635. The summed E-state index contributed by atoms with van der Waals surface area (Å²) in [5, 5.41) is 8.49. The Bertz CT molecular complexity index is 958. The molecule has 1 fully saturated rings. The molecule has 6 heteroatoms. The molecule has 0 bridgehead atoms. The van der Waals surface area contributed by atoms with Crippen molar-refractivity contribution in [3.05, 3.63) is 59.6 Å². The fourth-order valence-corrected chi connectivity index (χ4v) is 3.69. The molecule has 0 unspecified atom stereocenters. The molecule has 0 aliphatic heterocycles. The molecule has 2 aromatic carbocycles. The largest absolute Gasteiger partial charge is 0.497 e. The van der Waals surface area contributed by atoms with Gasteiger partial charge in [-0.25, -0.2) is 4.68 Å². The Kier molecular flexibility index (Phi) is 5.35. The number of carbonyl (C=O) groups is 1. The van der Waals surface area contributed by atoms with Crippen LogP contribution in [0, 0.1) is 5.92 Å². The van der Waals surface area contributed by atoms with Crippen LogP contribution >= 0.6 is 11.6 Å². The van der Waals surface area contributed by atoms with Gasteiger partial charge in [0.2, 0.25) is 5.91 Å². The summed E-state index contributed by atoms with van der Waals surface area (Å²) in [4.78, 5) is 12.7. The van der Waals surface area contributed by atoms with Crippen molar-refractivity contribution in [2.24, 2.45) is 5.92 Å². The number of ether oxygens (including phenoxy) is 1. The number of hydrogen-bond donors (Lipinski definition) is 1. The average molecular weight is 396 g/mol. The summed E-state index contributed by atoms with van der Waals surface area (Å²) in [6, 6.07) is 17.0. The van der Waals surface area contributed by atoms with Crippen LogP contribution in [-0.4, -0.2) is 22.8 Å². The molecular formula is C22H22ClN3O2. The lowest BCUT2D eigenvalue weighted by atomic mass is 10.1. The molecule has 0 saturated heterocycles. The van der Waals surface area contributed by atoms with Gasteiger partial charge in [-0.3, -0.25) is 4.79 Å². The Hall–Kier alpha value is -2.79. The number of hydrogen-bond acceptors (Lipinski definition) is 3. The monoisotopic (exact) mass is 395 g/mol. The lowest BCUT2D eigenvalue weighted by molar-refractivity contribution is -0.119. The van der Waals surface area contributed by atoms with E-state index >= 15 is 0 Å². The van der Waals surface area contributed by atoms with Crippen molar-refractivity contribution >= 4 is 23.3 Å². The molecule has 0 atom stereocenters. The first kappa shape index (κ1) is 18.6. The van der Waals surface area contributed by atoms with E-state index in [0.717, 1.165) is 48.4 Å². The van der Waals surface area contributed by atoms with E-state index in [4.69, 9.17) is 21.4 Å². The standard InChI is InChI=1S/C22H22ClN3O2/c1-28-19-12-10-18(11-13-19)26-21(24-22(27)16-4-2-3-5-16)14-20(25-26)15-6-8-17(23)9-7-15/h6-14,16H,2-5H2,1H3,(H,24,27). The highest BCUT2D eigenvalue weighted by atomic mass is 35.5. The van der Waals surface area contributed by atoms with Crippen LogP contribution in [0.2, 0.25) is 5.02 Å². The third-order valence-corrected chi connectivity index (χ3v) is 5.40. The summed E-state index contributed by atoms with van der Waals surface area (Å²) in [5.41, 5.74) is 2.56. The first-order valence-electron chi connectivity index (χ1n) is 9.45. The van der Waals surface area contributed by atoms with Crippen molar-refractivity contribution in [2.45, 2.75) is 25.7 Å². The first-order valence-corrected chi connectivity index (χ1v) is 9.83. The number of anilines is 1. The zero-order valence-electron chi connectivity index (χ0n) is 15.7. The highest BCUT2D eigenvalue weighted by Crippen LogP contribution is 2.29. The zero-order chi connectivity index (χ0) is 19.5. The van der Waals surface area contributed by atoms with E-state index in [1.807, 2.05) is 54.6 Å². The summed E-state index contributed by atoms with van der Waals surface area (Å²) in [7, 11) is 1.63. The Morgan fingerprint density at radius 2 is 1.79 bits per heavy atom. The Morgan fingerprint density at radius 3 is 2.43 bits per heavy atom. The number of halogens is 1. The van der Waals surface area contributed by atoms with Gasteiger partial charge in [-0.15, -0.1) is 0 Å². The molecule has 1 aliphatic carbocycles. The van der Waals surface area contributed by atoms with Gasteiger partial charge < -0.3 is 10.1 Å². The second-order valence-corrected chi connectivity index (χ2v) is 7.44. The van der Waals surface area contributed by atoms with Gasteiger partial charge in [0, 0.05) is 22.6 Å². The van der Waals surface area contributed by atoms with Gasteiger partial charge in [-0.05, 0) is 49.2 Å². The molecule has 1 N–H and O–H groups in total. The van der Waals surface area contributed by atoms with E-state index in [-0.39, 0.29) is 11.8 Å². The maximum absolute atomic E-state index is 12.7. The molecule has 3 aromatic rings. The highest BCUT2D eigenvalue weighted by Gasteiger charge is 2.24. The van der Waals surface area contributed by atoms with E-state index in [1.165, 1.54) is 0 Å². The predicted octanol–water partition coefficient (Wildman–Crippen LogP) is 5.33. The SMILES string of the molecule is COc1ccc(-n2nc(-c3ccc(Cl)cc3)cc2NC(=O)C2CCCC2)cc1. The average Bonchev–Trinajstić information content (AvgIpc) is 3.39. The van der Waals surface area contributed by atoms with Crippen molar-refractivity contribution in [1.82, 2.24) is 9.78 Å². The van der Waals surface area contributed by atoms with Crippen LogP contribution in [0.15, 0.2) is 54.6 Å². The molecule has 1 aromatic heterocycles. The topological polar surface area (TPSA) is 56.1 Å². The van der Waals surface area contributed by atoms with Crippen molar-refractivity contribution in [3.8, 4) is 22.7 Å². The molecule has 4 rings (SSSR count). The lowest BCUT2D eigenvalue weighted by Gasteiger charge is -2.12. The van der Waals surface area contributed by atoms with Gasteiger partial charge in [-0.1, -0.05) is 36.6 Å². The number of rotatable bonds is 5. The summed E-state index contributed by atoms with van der Waals surface area (Å²) >= 11 is 6.01. The molecular weight excluding hydrogens is 374 g/mol. The third-order valence-electron chi connectivity index (χ3n) is 5.14.